The van der Waals surface area contributed by atoms with E-state index in [1.54, 1.807) is 0 Å². The Kier molecular flexibility index (Phi) is 6.08. The van der Waals surface area contributed by atoms with E-state index in [0.717, 1.165) is 35.9 Å². The zero-order valence-corrected chi connectivity index (χ0v) is 13.5. The highest BCUT2D eigenvalue weighted by molar-refractivity contribution is 6.33. The number of aromatic nitrogens is 1. The molecule has 0 radical (unpaired) electrons. The third-order valence-corrected chi connectivity index (χ3v) is 3.19. The number of pyridine rings is 1. The molecule has 0 unspecified atom stereocenters. The number of hydrogen-bond donors (Lipinski definition) is 1. The van der Waals surface area contributed by atoms with E-state index < -0.39 is 0 Å². The molecule has 0 aliphatic rings. The van der Waals surface area contributed by atoms with Gasteiger partial charge in [0.2, 0.25) is 0 Å². The lowest BCUT2D eigenvalue weighted by Crippen LogP contribution is -2.35. The van der Waals surface area contributed by atoms with Gasteiger partial charge in [-0.25, -0.2) is 4.98 Å². The molecule has 3 nitrogen and oxygen atoms in total. The lowest BCUT2D eigenvalue weighted by molar-refractivity contribution is 0.424. The van der Waals surface area contributed by atoms with Gasteiger partial charge in [-0.15, -0.1) is 0 Å². The standard InChI is InChI=1S/C15H26ClN3/c1-6-7-8-19(5)14-13(16)9-12(10-17-14)11-18-15(2,3)4/h9-10,18H,6-8,11H2,1-5H3. The van der Waals surface area contributed by atoms with Crippen LogP contribution in [0.3, 0.4) is 0 Å². The average Bonchev–Trinajstić information content (AvgIpc) is 2.32. The van der Waals surface area contributed by atoms with Gasteiger partial charge in [-0.05, 0) is 38.8 Å². The van der Waals surface area contributed by atoms with E-state index in [1.807, 2.05) is 19.3 Å². The van der Waals surface area contributed by atoms with Crippen molar-refractivity contribution < 1.29 is 0 Å². The summed E-state index contributed by atoms with van der Waals surface area (Å²) < 4.78 is 0. The first kappa shape index (κ1) is 16.3. The Morgan fingerprint density at radius 1 is 1.37 bits per heavy atom. The molecule has 1 rings (SSSR count). The number of rotatable bonds is 6. The van der Waals surface area contributed by atoms with Gasteiger partial charge < -0.3 is 10.2 Å². The maximum atomic E-state index is 6.32. The highest BCUT2D eigenvalue weighted by Gasteiger charge is 2.11. The molecular formula is C15H26ClN3. The largest absolute Gasteiger partial charge is 0.358 e. The van der Waals surface area contributed by atoms with Crippen LogP contribution in [0.25, 0.3) is 0 Å². The molecule has 0 atom stereocenters. The first-order valence-electron chi connectivity index (χ1n) is 6.94. The van der Waals surface area contributed by atoms with E-state index >= 15 is 0 Å². The molecule has 1 aromatic rings. The van der Waals surface area contributed by atoms with Crippen molar-refractivity contribution in [3.63, 3.8) is 0 Å². The minimum atomic E-state index is 0.100. The van der Waals surface area contributed by atoms with Crippen LogP contribution < -0.4 is 10.2 Å². The topological polar surface area (TPSA) is 28.2 Å². The van der Waals surface area contributed by atoms with Crippen LogP contribution in [0, 0.1) is 0 Å². The summed E-state index contributed by atoms with van der Waals surface area (Å²) in [5.74, 6) is 0.870. The summed E-state index contributed by atoms with van der Waals surface area (Å²) in [5, 5.41) is 4.16. The normalized spacial score (nSPS) is 11.7. The van der Waals surface area contributed by atoms with Gasteiger partial charge in [-0.1, -0.05) is 24.9 Å². The molecule has 4 heteroatoms. The summed E-state index contributed by atoms with van der Waals surface area (Å²) >= 11 is 6.32. The zero-order chi connectivity index (χ0) is 14.5. The molecule has 0 aliphatic carbocycles. The molecule has 1 heterocycles. The van der Waals surface area contributed by atoms with Gasteiger partial charge >= 0.3 is 0 Å². The first-order chi connectivity index (χ1) is 8.83. The van der Waals surface area contributed by atoms with Crippen molar-refractivity contribution in [1.29, 1.82) is 0 Å². The van der Waals surface area contributed by atoms with Gasteiger partial charge in [0.25, 0.3) is 0 Å². The van der Waals surface area contributed by atoms with E-state index in [4.69, 9.17) is 11.6 Å². The van der Waals surface area contributed by atoms with Gasteiger partial charge in [-0.3, -0.25) is 0 Å². The smallest absolute Gasteiger partial charge is 0.147 e. The number of nitrogens with zero attached hydrogens (tertiary/aromatic N) is 2. The highest BCUT2D eigenvalue weighted by Crippen LogP contribution is 2.23. The maximum Gasteiger partial charge on any atom is 0.147 e. The minimum Gasteiger partial charge on any atom is -0.358 e. The van der Waals surface area contributed by atoms with Gasteiger partial charge in [-0.2, -0.15) is 0 Å². The number of nitrogens with one attached hydrogen (secondary N) is 1. The van der Waals surface area contributed by atoms with Gasteiger partial charge in [0, 0.05) is 31.9 Å². The Bertz CT molecular complexity index is 399. The fourth-order valence-corrected chi connectivity index (χ4v) is 2.05. The molecule has 19 heavy (non-hydrogen) atoms. The molecule has 0 bridgehead atoms. The van der Waals surface area contributed by atoms with Crippen LogP contribution in [0.4, 0.5) is 5.82 Å². The molecule has 0 aromatic carbocycles. The van der Waals surface area contributed by atoms with Crippen molar-refractivity contribution in [3.05, 3.63) is 22.8 Å². The number of unbranched alkanes of at least 4 members (excludes halogenated alkanes) is 1. The molecular weight excluding hydrogens is 258 g/mol. The summed E-state index contributed by atoms with van der Waals surface area (Å²) in [6, 6.07) is 2.01. The van der Waals surface area contributed by atoms with E-state index in [1.165, 1.54) is 6.42 Å². The summed E-state index contributed by atoms with van der Waals surface area (Å²) in [4.78, 5) is 6.60. The summed E-state index contributed by atoms with van der Waals surface area (Å²) in [6.45, 7) is 10.4. The second-order valence-electron chi connectivity index (χ2n) is 6.03. The molecule has 0 fully saturated rings. The molecule has 1 N–H and O–H groups in total. The second-order valence-corrected chi connectivity index (χ2v) is 6.43. The third-order valence-electron chi connectivity index (χ3n) is 2.91. The van der Waals surface area contributed by atoms with E-state index in [2.05, 4.69) is 42.9 Å². The number of halogens is 1. The van der Waals surface area contributed by atoms with Crippen molar-refractivity contribution in [2.75, 3.05) is 18.5 Å². The molecule has 108 valence electrons. The van der Waals surface area contributed by atoms with Gasteiger partial charge in [0.05, 0.1) is 5.02 Å². The maximum absolute atomic E-state index is 6.32. The van der Waals surface area contributed by atoms with Crippen LogP contribution in [-0.2, 0) is 6.54 Å². The van der Waals surface area contributed by atoms with Gasteiger partial charge in [0.1, 0.15) is 5.82 Å². The summed E-state index contributed by atoms with van der Waals surface area (Å²) in [5.41, 5.74) is 1.22. The molecule has 0 saturated heterocycles. The second kappa shape index (κ2) is 7.11. The molecule has 0 amide bonds. The van der Waals surface area contributed by atoms with Crippen LogP contribution in [0.5, 0.6) is 0 Å². The Balaban J connectivity index is 2.69. The highest BCUT2D eigenvalue weighted by atomic mass is 35.5. The zero-order valence-electron chi connectivity index (χ0n) is 12.8. The average molecular weight is 284 g/mol. The fourth-order valence-electron chi connectivity index (χ4n) is 1.72. The lowest BCUT2D eigenvalue weighted by atomic mass is 10.1. The van der Waals surface area contributed by atoms with Crippen LogP contribution in [0.2, 0.25) is 5.02 Å². The number of anilines is 1. The van der Waals surface area contributed by atoms with E-state index in [9.17, 15) is 0 Å². The molecule has 0 spiro atoms. The van der Waals surface area contributed by atoms with Crippen molar-refractivity contribution >= 4 is 17.4 Å². The Labute approximate surface area is 122 Å². The first-order valence-corrected chi connectivity index (χ1v) is 7.32. The van der Waals surface area contributed by atoms with Crippen LogP contribution in [0.15, 0.2) is 12.3 Å². The summed E-state index contributed by atoms with van der Waals surface area (Å²) in [7, 11) is 2.04. The van der Waals surface area contributed by atoms with Gasteiger partial charge in [0.15, 0.2) is 0 Å². The fraction of sp³-hybridized carbons (Fsp3) is 0.667. The quantitative estimate of drug-likeness (QED) is 0.859. The third kappa shape index (κ3) is 5.79. The van der Waals surface area contributed by atoms with E-state index in [0.29, 0.717) is 0 Å². The van der Waals surface area contributed by atoms with E-state index in [-0.39, 0.29) is 5.54 Å². The van der Waals surface area contributed by atoms with Crippen molar-refractivity contribution in [3.8, 4) is 0 Å². The van der Waals surface area contributed by atoms with Crippen molar-refractivity contribution in [2.45, 2.75) is 52.6 Å². The predicted molar refractivity (Wildman–Crippen MR) is 84.0 cm³/mol. The molecule has 0 saturated carbocycles. The van der Waals surface area contributed by atoms with Crippen LogP contribution >= 0.6 is 11.6 Å². The summed E-state index contributed by atoms with van der Waals surface area (Å²) in [6.07, 6.45) is 4.24. The monoisotopic (exact) mass is 283 g/mol. The van der Waals surface area contributed by atoms with Crippen LogP contribution in [-0.4, -0.2) is 24.1 Å². The van der Waals surface area contributed by atoms with Crippen molar-refractivity contribution in [1.82, 2.24) is 10.3 Å². The Morgan fingerprint density at radius 2 is 2.05 bits per heavy atom. The SMILES string of the molecule is CCCCN(C)c1ncc(CNC(C)(C)C)cc1Cl. The number of hydrogen-bond acceptors (Lipinski definition) is 3. The lowest BCUT2D eigenvalue weighted by Gasteiger charge is -2.22. The van der Waals surface area contributed by atoms with Crippen molar-refractivity contribution in [2.24, 2.45) is 0 Å². The predicted octanol–water partition coefficient (Wildman–Crippen LogP) is 3.86. The minimum absolute atomic E-state index is 0.100. The molecule has 0 aliphatic heterocycles. The molecule has 1 aromatic heterocycles. The Morgan fingerprint density at radius 3 is 2.58 bits per heavy atom. The van der Waals surface area contributed by atoms with Crippen LogP contribution in [0.1, 0.15) is 46.1 Å². The Hall–Kier alpha value is -0.800.